The SMILES string of the molecule is CCCCCCCCNC(=S)NCCCC[C@H](NC(=O)OCc1ccccc1)C(=O)Nc1cccc(O)c1. The Hall–Kier alpha value is -3.33. The monoisotopic (exact) mass is 542 g/mol. The van der Waals surface area contributed by atoms with Gasteiger partial charge in [-0.1, -0.05) is 75.4 Å². The van der Waals surface area contributed by atoms with E-state index in [9.17, 15) is 14.7 Å². The summed E-state index contributed by atoms with van der Waals surface area (Å²) >= 11 is 5.35. The highest BCUT2D eigenvalue weighted by Gasteiger charge is 2.21. The van der Waals surface area contributed by atoms with Crippen molar-refractivity contribution in [2.45, 2.75) is 77.4 Å². The van der Waals surface area contributed by atoms with Gasteiger partial charge in [-0.05, 0) is 55.6 Å². The molecule has 1 atom stereocenters. The van der Waals surface area contributed by atoms with Crippen molar-refractivity contribution in [3.63, 3.8) is 0 Å². The molecule has 0 unspecified atom stereocenters. The van der Waals surface area contributed by atoms with Crippen LogP contribution in [-0.4, -0.2) is 41.4 Å². The van der Waals surface area contributed by atoms with Crippen molar-refractivity contribution in [2.24, 2.45) is 0 Å². The number of aromatic hydroxyl groups is 1. The van der Waals surface area contributed by atoms with Crippen molar-refractivity contribution in [2.75, 3.05) is 18.4 Å². The van der Waals surface area contributed by atoms with E-state index in [1.807, 2.05) is 30.3 Å². The number of benzene rings is 2. The summed E-state index contributed by atoms with van der Waals surface area (Å²) < 4.78 is 5.30. The van der Waals surface area contributed by atoms with E-state index in [0.717, 1.165) is 24.9 Å². The Balaban J connectivity index is 1.74. The third-order valence-corrected chi connectivity index (χ3v) is 6.24. The molecule has 0 aliphatic heterocycles. The fourth-order valence-electron chi connectivity index (χ4n) is 3.83. The molecule has 0 radical (unpaired) electrons. The van der Waals surface area contributed by atoms with Crippen LogP contribution < -0.4 is 21.3 Å². The summed E-state index contributed by atoms with van der Waals surface area (Å²) in [5, 5.41) is 22.2. The molecule has 0 saturated heterocycles. The van der Waals surface area contributed by atoms with E-state index in [-0.39, 0.29) is 18.3 Å². The molecule has 2 amide bonds. The second kappa shape index (κ2) is 18.8. The van der Waals surface area contributed by atoms with Crippen LogP contribution in [-0.2, 0) is 16.1 Å². The molecule has 0 aliphatic rings. The summed E-state index contributed by atoms with van der Waals surface area (Å²) in [5.74, 6) is -0.335. The Morgan fingerprint density at radius 1 is 0.895 bits per heavy atom. The molecular weight excluding hydrogens is 500 g/mol. The van der Waals surface area contributed by atoms with E-state index < -0.39 is 12.1 Å². The summed E-state index contributed by atoms with van der Waals surface area (Å²) in [6.45, 7) is 3.86. The number of thiocarbonyl (C=S) groups is 1. The molecule has 0 heterocycles. The lowest BCUT2D eigenvalue weighted by Gasteiger charge is -2.19. The molecule has 2 aromatic rings. The summed E-state index contributed by atoms with van der Waals surface area (Å²) in [6, 6.07) is 14.8. The first kappa shape index (κ1) is 30.9. The van der Waals surface area contributed by atoms with Crippen molar-refractivity contribution < 1.29 is 19.4 Å². The largest absolute Gasteiger partial charge is 0.508 e. The molecule has 5 N–H and O–H groups in total. The van der Waals surface area contributed by atoms with Crippen LogP contribution in [0.2, 0.25) is 0 Å². The first-order valence-electron chi connectivity index (χ1n) is 13.6. The number of carbonyl (C=O) groups is 2. The number of hydrogen-bond donors (Lipinski definition) is 5. The first-order valence-corrected chi connectivity index (χ1v) is 14.0. The third-order valence-electron chi connectivity index (χ3n) is 5.96. The summed E-state index contributed by atoms with van der Waals surface area (Å²) in [5.41, 5.74) is 1.30. The van der Waals surface area contributed by atoms with Gasteiger partial charge in [0.25, 0.3) is 0 Å². The van der Waals surface area contributed by atoms with Crippen molar-refractivity contribution in [3.05, 3.63) is 60.2 Å². The maximum Gasteiger partial charge on any atom is 0.408 e. The predicted octanol–water partition coefficient (Wildman–Crippen LogP) is 5.62. The van der Waals surface area contributed by atoms with E-state index in [0.29, 0.717) is 30.2 Å². The van der Waals surface area contributed by atoms with Crippen LogP contribution in [0.25, 0.3) is 0 Å². The average Bonchev–Trinajstić information content (AvgIpc) is 2.91. The molecule has 0 fully saturated rings. The van der Waals surface area contributed by atoms with Gasteiger partial charge in [0, 0.05) is 24.8 Å². The summed E-state index contributed by atoms with van der Waals surface area (Å²) in [4.78, 5) is 25.3. The lowest BCUT2D eigenvalue weighted by Crippen LogP contribution is -2.44. The lowest BCUT2D eigenvalue weighted by molar-refractivity contribution is -0.118. The standard InChI is InChI=1S/C29H42N4O4S/c1-2-3-4-5-6-11-19-30-28(38)31-20-12-10-18-26(27(35)32-24-16-13-17-25(34)21-24)33-29(36)37-22-23-14-8-7-9-15-23/h7-9,13-17,21,26,34H,2-6,10-12,18-20,22H2,1H3,(H,32,35)(H,33,36)(H2,30,31,38)/t26-/m0/s1. The van der Waals surface area contributed by atoms with E-state index in [1.54, 1.807) is 12.1 Å². The van der Waals surface area contributed by atoms with Crippen molar-refractivity contribution >= 4 is 35.0 Å². The van der Waals surface area contributed by atoms with E-state index >= 15 is 0 Å². The van der Waals surface area contributed by atoms with Gasteiger partial charge >= 0.3 is 6.09 Å². The molecule has 8 nitrogen and oxygen atoms in total. The smallest absolute Gasteiger partial charge is 0.408 e. The van der Waals surface area contributed by atoms with Crippen LogP contribution in [0.1, 0.15) is 70.3 Å². The van der Waals surface area contributed by atoms with Crippen molar-refractivity contribution in [3.8, 4) is 5.75 Å². The molecule has 9 heteroatoms. The Morgan fingerprint density at radius 3 is 2.29 bits per heavy atom. The molecular formula is C29H42N4O4S. The molecule has 0 spiro atoms. The van der Waals surface area contributed by atoms with Gasteiger partial charge in [0.2, 0.25) is 5.91 Å². The number of phenols is 1. The normalized spacial score (nSPS) is 11.3. The predicted molar refractivity (Wildman–Crippen MR) is 156 cm³/mol. The minimum Gasteiger partial charge on any atom is -0.508 e. The molecule has 2 aromatic carbocycles. The van der Waals surface area contributed by atoms with Gasteiger partial charge in [-0.3, -0.25) is 4.79 Å². The maximum absolute atomic E-state index is 12.9. The zero-order valence-corrected chi connectivity index (χ0v) is 23.2. The van der Waals surface area contributed by atoms with Crippen molar-refractivity contribution in [1.82, 2.24) is 16.0 Å². The van der Waals surface area contributed by atoms with Crippen LogP contribution >= 0.6 is 12.2 Å². The van der Waals surface area contributed by atoms with Crippen LogP contribution in [0.3, 0.4) is 0 Å². The van der Waals surface area contributed by atoms with Gasteiger partial charge in [0.15, 0.2) is 5.11 Å². The topological polar surface area (TPSA) is 112 Å². The van der Waals surface area contributed by atoms with E-state index in [1.165, 1.54) is 44.2 Å². The maximum atomic E-state index is 12.9. The Bertz CT molecular complexity index is 974. The number of unbranched alkanes of at least 4 members (excludes halogenated alkanes) is 6. The van der Waals surface area contributed by atoms with Gasteiger partial charge in [-0.2, -0.15) is 0 Å². The third kappa shape index (κ3) is 13.8. The number of alkyl carbamates (subject to hydrolysis) is 1. The Morgan fingerprint density at radius 2 is 1.58 bits per heavy atom. The minimum absolute atomic E-state index is 0.0433. The van der Waals surface area contributed by atoms with Gasteiger partial charge in [0.05, 0.1) is 0 Å². The molecule has 38 heavy (non-hydrogen) atoms. The van der Waals surface area contributed by atoms with Crippen LogP contribution in [0.4, 0.5) is 10.5 Å². The zero-order valence-electron chi connectivity index (χ0n) is 22.3. The highest BCUT2D eigenvalue weighted by atomic mass is 32.1. The van der Waals surface area contributed by atoms with E-state index in [2.05, 4.69) is 28.2 Å². The number of amides is 2. The van der Waals surface area contributed by atoms with Gasteiger partial charge in [-0.25, -0.2) is 4.79 Å². The fourth-order valence-corrected chi connectivity index (χ4v) is 4.04. The van der Waals surface area contributed by atoms with Gasteiger partial charge in [-0.15, -0.1) is 0 Å². The number of nitrogens with one attached hydrogen (secondary N) is 4. The lowest BCUT2D eigenvalue weighted by atomic mass is 10.1. The highest BCUT2D eigenvalue weighted by molar-refractivity contribution is 7.80. The van der Waals surface area contributed by atoms with Crippen molar-refractivity contribution in [1.29, 1.82) is 0 Å². The second-order valence-electron chi connectivity index (χ2n) is 9.24. The number of rotatable bonds is 17. The molecule has 0 aromatic heterocycles. The van der Waals surface area contributed by atoms with Gasteiger partial charge in [0.1, 0.15) is 18.4 Å². The second-order valence-corrected chi connectivity index (χ2v) is 9.65. The molecule has 2 rings (SSSR count). The number of anilines is 1. The number of carbonyl (C=O) groups excluding carboxylic acids is 2. The average molecular weight is 543 g/mol. The molecule has 0 bridgehead atoms. The summed E-state index contributed by atoms with van der Waals surface area (Å²) in [6.07, 6.45) is 8.65. The molecule has 0 saturated carbocycles. The minimum atomic E-state index is -0.793. The number of phenolic OH excluding ortho intramolecular Hbond substituents is 1. The van der Waals surface area contributed by atoms with Crippen LogP contribution in [0.5, 0.6) is 5.75 Å². The highest BCUT2D eigenvalue weighted by Crippen LogP contribution is 2.16. The summed E-state index contributed by atoms with van der Waals surface area (Å²) in [7, 11) is 0. The van der Waals surface area contributed by atoms with Crippen LogP contribution in [0, 0.1) is 0 Å². The van der Waals surface area contributed by atoms with Gasteiger partial charge < -0.3 is 31.1 Å². The Labute approximate surface area is 231 Å². The number of hydrogen-bond acceptors (Lipinski definition) is 5. The number of ether oxygens (including phenoxy) is 1. The van der Waals surface area contributed by atoms with Crippen LogP contribution in [0.15, 0.2) is 54.6 Å². The molecule has 208 valence electrons. The molecule has 0 aliphatic carbocycles. The fraction of sp³-hybridized carbons (Fsp3) is 0.483. The first-order chi connectivity index (χ1) is 18.5. The quantitative estimate of drug-likeness (QED) is 0.130. The van der Waals surface area contributed by atoms with E-state index in [4.69, 9.17) is 17.0 Å². The Kier molecular flexibility index (Phi) is 15.3. The zero-order chi connectivity index (χ0) is 27.4.